The summed E-state index contributed by atoms with van der Waals surface area (Å²) in [7, 11) is 2.14. The van der Waals surface area contributed by atoms with Gasteiger partial charge in [0.25, 0.3) is 0 Å². The van der Waals surface area contributed by atoms with E-state index < -0.39 is 5.54 Å². The first-order valence-electron chi connectivity index (χ1n) is 7.51. The van der Waals surface area contributed by atoms with Crippen LogP contribution in [0, 0.1) is 5.92 Å². The zero-order chi connectivity index (χ0) is 14.5. The molecular formula is C15H30N2O2. The summed E-state index contributed by atoms with van der Waals surface area (Å²) in [4.78, 5) is 14.5. The molecule has 0 amide bonds. The summed E-state index contributed by atoms with van der Waals surface area (Å²) in [5, 5.41) is 3.36. The van der Waals surface area contributed by atoms with Crippen molar-refractivity contribution in [1.82, 2.24) is 10.2 Å². The average Bonchev–Trinajstić information content (AvgIpc) is 3.10. The molecule has 1 N–H and O–H groups in total. The molecule has 0 aromatic carbocycles. The third-order valence-corrected chi connectivity index (χ3v) is 3.59. The predicted molar refractivity (Wildman–Crippen MR) is 78.1 cm³/mol. The first kappa shape index (κ1) is 16.4. The van der Waals surface area contributed by atoms with E-state index in [1.54, 1.807) is 0 Å². The first-order valence-corrected chi connectivity index (χ1v) is 7.51. The molecule has 1 unspecified atom stereocenters. The smallest absolute Gasteiger partial charge is 0.326 e. The molecule has 1 aliphatic carbocycles. The van der Waals surface area contributed by atoms with Gasteiger partial charge in [-0.2, -0.15) is 0 Å². The topological polar surface area (TPSA) is 41.6 Å². The Morgan fingerprint density at radius 3 is 2.58 bits per heavy atom. The lowest BCUT2D eigenvalue weighted by Gasteiger charge is -2.32. The van der Waals surface area contributed by atoms with Crippen LogP contribution in [0.4, 0.5) is 0 Å². The van der Waals surface area contributed by atoms with Crippen molar-refractivity contribution in [3.05, 3.63) is 0 Å². The van der Waals surface area contributed by atoms with Gasteiger partial charge < -0.3 is 9.64 Å². The second-order valence-corrected chi connectivity index (χ2v) is 6.31. The summed E-state index contributed by atoms with van der Waals surface area (Å²) in [6.45, 7) is 10.4. The van der Waals surface area contributed by atoms with Crippen molar-refractivity contribution in [3.63, 3.8) is 0 Å². The van der Waals surface area contributed by atoms with Crippen molar-refractivity contribution >= 4 is 5.97 Å². The van der Waals surface area contributed by atoms with Gasteiger partial charge in [0.15, 0.2) is 0 Å². The van der Waals surface area contributed by atoms with Crippen LogP contribution in [0.2, 0.25) is 0 Å². The molecule has 0 saturated heterocycles. The Hall–Kier alpha value is -0.610. The zero-order valence-corrected chi connectivity index (χ0v) is 13.2. The molecule has 0 aromatic rings. The van der Waals surface area contributed by atoms with Crippen LogP contribution < -0.4 is 5.32 Å². The standard InChI is InChI=1S/C15H30N2O2/c1-6-19-14(18)15(4,16-12(2)3)9-10-17(5)11-13-7-8-13/h12-13,16H,6-11H2,1-5H3. The Kier molecular flexibility index (Phi) is 6.27. The normalized spacial score (nSPS) is 18.7. The second kappa shape index (κ2) is 7.25. The van der Waals surface area contributed by atoms with Crippen LogP contribution in [0.5, 0.6) is 0 Å². The lowest BCUT2D eigenvalue weighted by Crippen LogP contribution is -2.54. The van der Waals surface area contributed by atoms with E-state index in [4.69, 9.17) is 4.74 Å². The molecule has 0 bridgehead atoms. The van der Waals surface area contributed by atoms with Gasteiger partial charge in [-0.25, -0.2) is 0 Å². The number of carbonyl (C=O) groups excluding carboxylic acids is 1. The van der Waals surface area contributed by atoms with Crippen LogP contribution in [0.25, 0.3) is 0 Å². The summed E-state index contributed by atoms with van der Waals surface area (Å²) < 4.78 is 5.21. The fourth-order valence-electron chi connectivity index (χ4n) is 2.41. The van der Waals surface area contributed by atoms with E-state index in [0.29, 0.717) is 6.61 Å². The third-order valence-electron chi connectivity index (χ3n) is 3.59. The van der Waals surface area contributed by atoms with Gasteiger partial charge in [-0.05, 0) is 59.9 Å². The molecule has 1 atom stereocenters. The fraction of sp³-hybridized carbons (Fsp3) is 0.933. The molecule has 4 nitrogen and oxygen atoms in total. The number of nitrogens with one attached hydrogen (secondary N) is 1. The maximum absolute atomic E-state index is 12.1. The number of carbonyl (C=O) groups is 1. The first-order chi connectivity index (χ1) is 8.87. The largest absolute Gasteiger partial charge is 0.465 e. The molecule has 4 heteroatoms. The number of hydrogen-bond donors (Lipinski definition) is 1. The molecule has 1 aliphatic rings. The summed E-state index contributed by atoms with van der Waals surface area (Å²) in [6.07, 6.45) is 3.51. The van der Waals surface area contributed by atoms with Crippen LogP contribution in [0.1, 0.15) is 47.0 Å². The number of ether oxygens (including phenoxy) is 1. The average molecular weight is 270 g/mol. The number of nitrogens with zero attached hydrogens (tertiary/aromatic N) is 1. The van der Waals surface area contributed by atoms with Gasteiger partial charge in [0.1, 0.15) is 5.54 Å². The van der Waals surface area contributed by atoms with Crippen LogP contribution in [0.15, 0.2) is 0 Å². The van der Waals surface area contributed by atoms with Crippen LogP contribution >= 0.6 is 0 Å². The highest BCUT2D eigenvalue weighted by Gasteiger charge is 2.35. The minimum Gasteiger partial charge on any atom is -0.465 e. The highest BCUT2D eigenvalue weighted by atomic mass is 16.5. The minimum atomic E-state index is -0.581. The molecule has 112 valence electrons. The van der Waals surface area contributed by atoms with Gasteiger partial charge in [-0.1, -0.05) is 0 Å². The Balaban J connectivity index is 2.49. The second-order valence-electron chi connectivity index (χ2n) is 6.31. The molecule has 0 heterocycles. The molecule has 19 heavy (non-hydrogen) atoms. The van der Waals surface area contributed by atoms with Crippen molar-refractivity contribution in [2.24, 2.45) is 5.92 Å². The molecule has 0 aliphatic heterocycles. The van der Waals surface area contributed by atoms with Gasteiger partial charge in [0.2, 0.25) is 0 Å². The Labute approximate surface area is 117 Å². The molecule has 0 aromatic heterocycles. The number of esters is 1. The van der Waals surface area contributed by atoms with Gasteiger partial charge in [-0.3, -0.25) is 10.1 Å². The predicted octanol–water partition coefficient (Wildman–Crippen LogP) is 2.04. The quantitative estimate of drug-likeness (QED) is 0.651. The van der Waals surface area contributed by atoms with E-state index in [-0.39, 0.29) is 12.0 Å². The van der Waals surface area contributed by atoms with Crippen LogP contribution in [-0.4, -0.2) is 49.2 Å². The lowest BCUT2D eigenvalue weighted by molar-refractivity contribution is -0.151. The van der Waals surface area contributed by atoms with Gasteiger partial charge in [-0.15, -0.1) is 0 Å². The summed E-state index contributed by atoms with van der Waals surface area (Å²) in [5.41, 5.74) is -0.581. The van der Waals surface area contributed by atoms with Crippen molar-refractivity contribution in [2.75, 3.05) is 26.7 Å². The lowest BCUT2D eigenvalue weighted by atomic mass is 9.96. The maximum atomic E-state index is 12.1. The van der Waals surface area contributed by atoms with Gasteiger partial charge in [0.05, 0.1) is 6.61 Å². The summed E-state index contributed by atoms with van der Waals surface area (Å²) >= 11 is 0. The van der Waals surface area contributed by atoms with Crippen molar-refractivity contribution in [1.29, 1.82) is 0 Å². The van der Waals surface area contributed by atoms with Crippen LogP contribution in [-0.2, 0) is 9.53 Å². The van der Waals surface area contributed by atoms with E-state index in [9.17, 15) is 4.79 Å². The van der Waals surface area contributed by atoms with Crippen molar-refractivity contribution < 1.29 is 9.53 Å². The molecule has 0 radical (unpaired) electrons. The summed E-state index contributed by atoms with van der Waals surface area (Å²) in [6, 6.07) is 0.267. The third kappa shape index (κ3) is 5.91. The fourth-order valence-corrected chi connectivity index (χ4v) is 2.41. The number of hydrogen-bond acceptors (Lipinski definition) is 4. The van der Waals surface area contributed by atoms with Gasteiger partial charge in [0, 0.05) is 19.1 Å². The van der Waals surface area contributed by atoms with Crippen LogP contribution in [0.3, 0.4) is 0 Å². The Morgan fingerprint density at radius 1 is 1.47 bits per heavy atom. The minimum absolute atomic E-state index is 0.136. The maximum Gasteiger partial charge on any atom is 0.326 e. The highest BCUT2D eigenvalue weighted by Crippen LogP contribution is 2.29. The van der Waals surface area contributed by atoms with Gasteiger partial charge >= 0.3 is 5.97 Å². The molecule has 1 rings (SSSR count). The van der Waals surface area contributed by atoms with E-state index in [1.807, 2.05) is 13.8 Å². The Morgan fingerprint density at radius 2 is 2.11 bits per heavy atom. The zero-order valence-electron chi connectivity index (χ0n) is 13.2. The molecular weight excluding hydrogens is 240 g/mol. The number of rotatable bonds is 9. The molecule has 1 fully saturated rings. The summed E-state index contributed by atoms with van der Waals surface area (Å²) in [5.74, 6) is 0.750. The monoisotopic (exact) mass is 270 g/mol. The SMILES string of the molecule is CCOC(=O)C(C)(CCN(C)CC1CC1)NC(C)C. The van der Waals surface area contributed by atoms with E-state index in [1.165, 1.54) is 12.8 Å². The highest BCUT2D eigenvalue weighted by molar-refractivity contribution is 5.80. The van der Waals surface area contributed by atoms with E-state index in [0.717, 1.165) is 25.4 Å². The molecule has 0 spiro atoms. The van der Waals surface area contributed by atoms with Crippen molar-refractivity contribution in [2.45, 2.75) is 58.5 Å². The Bertz CT molecular complexity index is 290. The molecule has 1 saturated carbocycles. The van der Waals surface area contributed by atoms with E-state index >= 15 is 0 Å². The van der Waals surface area contributed by atoms with Crippen molar-refractivity contribution in [3.8, 4) is 0 Å². The van der Waals surface area contributed by atoms with E-state index in [2.05, 4.69) is 31.1 Å².